The molecule has 1 saturated heterocycles. The molecule has 11 nitrogen and oxygen atoms in total. The molecule has 0 aliphatic carbocycles. The number of aromatic amines is 1. The van der Waals surface area contributed by atoms with E-state index in [-0.39, 0.29) is 0 Å². The summed E-state index contributed by atoms with van der Waals surface area (Å²) in [6, 6.07) is 9.28. The van der Waals surface area contributed by atoms with Crippen LogP contribution in [0.4, 0.5) is 4.39 Å². The van der Waals surface area contributed by atoms with Gasteiger partial charge >= 0.3 is 13.4 Å². The quantitative estimate of drug-likeness (QED) is 0.403. The standard InChI is InChI=1S/C10H13FN2O5.C6H8NO3P/c1-10(11)7(16)5(4-14)18-8(10)13-3-2-6(15)12-9(13)17;7-11(8,9)10-6-4-2-1-3-5-6/h2-3,5,7-8,14,16H,4H2,1H3,(H,12,15,17);1-5H,(H3,7,8,9)/t5-,7-,8-,10-;/m1./s1. The van der Waals surface area contributed by atoms with Crippen LogP contribution < -0.4 is 21.3 Å². The van der Waals surface area contributed by atoms with Crippen molar-refractivity contribution >= 4 is 7.75 Å². The van der Waals surface area contributed by atoms with Gasteiger partial charge in [-0.2, -0.15) is 0 Å². The van der Waals surface area contributed by atoms with Crippen LogP contribution >= 0.6 is 7.75 Å². The number of nitrogens with two attached hydrogens (primary N) is 1. The van der Waals surface area contributed by atoms with Crippen molar-refractivity contribution in [3.63, 3.8) is 0 Å². The third kappa shape index (κ3) is 5.82. The second kappa shape index (κ2) is 8.99. The smallest absolute Gasteiger partial charge is 0.413 e. The van der Waals surface area contributed by atoms with Gasteiger partial charge in [0.25, 0.3) is 5.56 Å². The molecular formula is C16H21FN3O8P. The van der Waals surface area contributed by atoms with Gasteiger partial charge in [-0.3, -0.25) is 14.3 Å². The minimum absolute atomic E-state index is 0.292. The van der Waals surface area contributed by atoms with Crippen LogP contribution in [0.2, 0.25) is 0 Å². The summed E-state index contributed by atoms with van der Waals surface area (Å²) in [5.74, 6) is 0.292. The van der Waals surface area contributed by atoms with Crippen molar-refractivity contribution < 1.29 is 33.3 Å². The van der Waals surface area contributed by atoms with E-state index in [9.17, 15) is 23.7 Å². The van der Waals surface area contributed by atoms with Crippen LogP contribution in [-0.2, 0) is 9.30 Å². The summed E-state index contributed by atoms with van der Waals surface area (Å²) in [7, 11) is -3.89. The second-order valence-corrected chi connectivity index (χ2v) is 7.60. The fraction of sp³-hybridized carbons (Fsp3) is 0.375. The number of para-hydroxylation sites is 1. The van der Waals surface area contributed by atoms with Gasteiger partial charge in [0.2, 0.25) is 0 Å². The first kappa shape index (κ1) is 22.9. The Morgan fingerprint density at radius 3 is 2.45 bits per heavy atom. The molecule has 1 unspecified atom stereocenters. The molecule has 1 aromatic heterocycles. The molecule has 6 N–H and O–H groups in total. The van der Waals surface area contributed by atoms with Gasteiger partial charge in [0.15, 0.2) is 11.9 Å². The lowest BCUT2D eigenvalue weighted by molar-refractivity contribution is -0.0611. The van der Waals surface area contributed by atoms with E-state index in [0.29, 0.717) is 5.75 Å². The fourth-order valence-corrected chi connectivity index (χ4v) is 3.03. The molecule has 1 aliphatic rings. The Morgan fingerprint density at radius 2 is 1.97 bits per heavy atom. The Balaban J connectivity index is 0.000000234. The maximum absolute atomic E-state index is 14.3. The lowest BCUT2D eigenvalue weighted by atomic mass is 9.98. The van der Waals surface area contributed by atoms with Gasteiger partial charge in [-0.15, -0.1) is 0 Å². The molecular weight excluding hydrogens is 412 g/mol. The molecule has 29 heavy (non-hydrogen) atoms. The summed E-state index contributed by atoms with van der Waals surface area (Å²) in [6.45, 7) is 0.491. The first-order valence-corrected chi connectivity index (χ1v) is 9.91. The van der Waals surface area contributed by atoms with E-state index >= 15 is 0 Å². The Hall–Kier alpha value is -2.34. The molecule has 0 radical (unpaired) electrons. The minimum Gasteiger partial charge on any atom is -0.413 e. The highest BCUT2D eigenvalue weighted by atomic mass is 31.2. The van der Waals surface area contributed by atoms with E-state index in [1.54, 1.807) is 30.3 Å². The van der Waals surface area contributed by atoms with Gasteiger partial charge in [0, 0.05) is 12.3 Å². The van der Waals surface area contributed by atoms with Gasteiger partial charge in [-0.05, 0) is 19.1 Å². The molecule has 1 fully saturated rings. The summed E-state index contributed by atoms with van der Waals surface area (Å²) >= 11 is 0. The predicted molar refractivity (Wildman–Crippen MR) is 98.9 cm³/mol. The lowest BCUT2D eigenvalue weighted by Gasteiger charge is -2.24. The number of H-pyrrole nitrogens is 1. The maximum atomic E-state index is 14.3. The Labute approximate surface area is 163 Å². The molecule has 1 aromatic carbocycles. The molecule has 0 bridgehead atoms. The van der Waals surface area contributed by atoms with Crippen LogP contribution in [0.15, 0.2) is 52.2 Å². The monoisotopic (exact) mass is 433 g/mol. The SMILES string of the molecule is C[C@@]1(F)[C@H](O)[C@@H](CO)O[C@H]1n1ccc(=O)[nH]c1=O.NP(=O)(O)Oc1ccccc1. The molecule has 3 rings (SSSR count). The number of aliphatic hydroxyl groups excluding tert-OH is 2. The zero-order valence-electron chi connectivity index (χ0n) is 15.2. The molecule has 0 saturated carbocycles. The molecule has 1 aliphatic heterocycles. The highest BCUT2D eigenvalue weighted by Gasteiger charge is 2.55. The summed E-state index contributed by atoms with van der Waals surface area (Å²) in [4.78, 5) is 33.0. The third-order valence-electron chi connectivity index (χ3n) is 3.98. The van der Waals surface area contributed by atoms with Gasteiger partial charge in [-0.25, -0.2) is 19.3 Å². The normalized spacial score (nSPS) is 28.1. The number of nitrogens with zero attached hydrogens (tertiary/aromatic N) is 1. The van der Waals surface area contributed by atoms with E-state index in [1.165, 1.54) is 0 Å². The fourth-order valence-electron chi connectivity index (χ4n) is 2.61. The van der Waals surface area contributed by atoms with Gasteiger partial charge in [0.05, 0.1) is 6.61 Å². The number of hydrogen-bond acceptors (Lipinski definition) is 7. The first-order chi connectivity index (χ1) is 13.5. The Kier molecular flexibility index (Phi) is 7.11. The highest BCUT2D eigenvalue weighted by Crippen LogP contribution is 2.40. The van der Waals surface area contributed by atoms with Crippen LogP contribution in [-0.4, -0.2) is 49.1 Å². The topological polar surface area (TPSA) is 177 Å². The van der Waals surface area contributed by atoms with Gasteiger partial charge in [0.1, 0.15) is 18.0 Å². The summed E-state index contributed by atoms with van der Waals surface area (Å²) < 4.78 is 35.3. The predicted octanol–water partition coefficient (Wildman–Crippen LogP) is -0.360. The van der Waals surface area contributed by atoms with Gasteiger partial charge in [-0.1, -0.05) is 18.2 Å². The number of rotatable bonds is 4. The van der Waals surface area contributed by atoms with E-state index in [4.69, 9.17) is 20.2 Å². The first-order valence-electron chi connectivity index (χ1n) is 8.26. The van der Waals surface area contributed by atoms with Crippen molar-refractivity contribution in [1.29, 1.82) is 0 Å². The van der Waals surface area contributed by atoms with Crippen LogP contribution in [0.3, 0.4) is 0 Å². The highest BCUT2D eigenvalue weighted by molar-refractivity contribution is 7.50. The zero-order valence-corrected chi connectivity index (χ0v) is 16.1. The molecule has 5 atom stereocenters. The molecule has 0 spiro atoms. The Morgan fingerprint density at radius 1 is 1.34 bits per heavy atom. The number of aromatic nitrogens is 2. The molecule has 160 valence electrons. The largest absolute Gasteiger partial charge is 0.453 e. The minimum atomic E-state index is -3.89. The number of hydrogen-bond donors (Lipinski definition) is 5. The number of aliphatic hydroxyl groups is 2. The molecule has 0 amide bonds. The zero-order chi connectivity index (χ0) is 21.8. The third-order valence-corrected chi connectivity index (χ3v) is 4.45. The molecule has 13 heteroatoms. The number of halogens is 1. The van der Waals surface area contributed by atoms with Crippen LogP contribution in [0.5, 0.6) is 5.75 Å². The van der Waals surface area contributed by atoms with Crippen LogP contribution in [0.1, 0.15) is 13.2 Å². The molecule has 2 aromatic rings. The summed E-state index contributed by atoms with van der Waals surface area (Å²) in [6.07, 6.45) is -3.01. The lowest BCUT2D eigenvalue weighted by Crippen LogP contribution is -2.43. The van der Waals surface area contributed by atoms with Crippen LogP contribution in [0.25, 0.3) is 0 Å². The van der Waals surface area contributed by atoms with Crippen molar-refractivity contribution in [2.45, 2.75) is 31.0 Å². The van der Waals surface area contributed by atoms with Gasteiger partial charge < -0.3 is 24.4 Å². The summed E-state index contributed by atoms with van der Waals surface area (Å²) in [5, 5.41) is 18.6. The second-order valence-electron chi connectivity index (χ2n) is 6.29. The maximum Gasteiger partial charge on any atom is 0.453 e. The number of nitrogens with one attached hydrogen (secondary N) is 1. The van der Waals surface area contributed by atoms with Crippen molar-refractivity contribution in [2.24, 2.45) is 5.50 Å². The average molecular weight is 433 g/mol. The van der Waals surface area contributed by atoms with Crippen molar-refractivity contribution in [3.8, 4) is 5.75 Å². The van der Waals surface area contributed by atoms with E-state index in [0.717, 1.165) is 23.8 Å². The van der Waals surface area contributed by atoms with Crippen molar-refractivity contribution in [2.75, 3.05) is 6.61 Å². The average Bonchev–Trinajstić information content (AvgIpc) is 2.85. The number of alkyl halides is 1. The van der Waals surface area contributed by atoms with E-state index < -0.39 is 49.7 Å². The van der Waals surface area contributed by atoms with Crippen LogP contribution in [0, 0.1) is 0 Å². The Bertz CT molecular complexity index is 974. The van der Waals surface area contributed by atoms with Crippen molar-refractivity contribution in [1.82, 2.24) is 9.55 Å². The van der Waals surface area contributed by atoms with E-state index in [1.807, 2.05) is 4.98 Å². The number of ether oxygens (including phenoxy) is 1. The summed E-state index contributed by atoms with van der Waals surface area (Å²) in [5.41, 5.74) is 1.04. The number of benzene rings is 1. The van der Waals surface area contributed by atoms with Crippen molar-refractivity contribution in [3.05, 3.63) is 63.4 Å². The molecule has 2 heterocycles. The van der Waals surface area contributed by atoms with E-state index in [2.05, 4.69) is 4.52 Å².